The Labute approximate surface area is 70.7 Å². The van der Waals surface area contributed by atoms with E-state index in [1.165, 1.54) is 0 Å². The Morgan fingerprint density at radius 1 is 1.82 bits per heavy atom. The molecule has 1 aliphatic heterocycles. The third kappa shape index (κ3) is 0.690. The van der Waals surface area contributed by atoms with E-state index in [-0.39, 0.29) is 6.61 Å². The molecule has 1 saturated heterocycles. The van der Waals surface area contributed by atoms with Gasteiger partial charge in [-0.3, -0.25) is 9.59 Å². The van der Waals surface area contributed by atoms with Gasteiger partial charge in [0.2, 0.25) is 0 Å². The molecule has 1 aliphatic carbocycles. The van der Waals surface area contributed by atoms with Crippen molar-refractivity contribution in [1.29, 1.82) is 0 Å². The Morgan fingerprint density at radius 2 is 2.45 bits per heavy atom. The van der Waals surface area contributed by atoms with Gasteiger partial charge in [-0.25, -0.2) is 0 Å². The summed E-state index contributed by atoms with van der Waals surface area (Å²) in [5, 5.41) is 8.60. The van der Waals surface area contributed by atoms with Gasteiger partial charge in [0.1, 0.15) is 6.61 Å². The second-order valence-corrected chi connectivity index (χ2v) is 4.30. The van der Waals surface area contributed by atoms with E-state index in [9.17, 15) is 9.59 Å². The number of carbonyl (C=O) groups excluding carboxylic acids is 1. The Kier molecular flexibility index (Phi) is 1.14. The van der Waals surface area contributed by atoms with E-state index >= 15 is 0 Å². The van der Waals surface area contributed by atoms with E-state index in [0.717, 1.165) is 0 Å². The van der Waals surface area contributed by atoms with Crippen LogP contribution in [0.5, 0.6) is 0 Å². The summed E-state index contributed by atoms with van der Waals surface area (Å²) in [4.78, 5) is 21.3. The van der Waals surface area contributed by atoms with Crippen molar-refractivity contribution in [1.82, 2.24) is 0 Å². The number of hydrogen-bond acceptors (Lipinski definition) is 3. The maximum absolute atomic E-state index is 10.8. The number of carbonyl (C=O) groups is 2. The van der Waals surface area contributed by atoms with Gasteiger partial charge >= 0.3 is 11.9 Å². The fourth-order valence-corrected chi connectivity index (χ4v) is 2.43. The topological polar surface area (TPSA) is 63.6 Å². The molecular weight excluding hydrogens is 216 g/mol. The Balaban J connectivity index is 2.24. The van der Waals surface area contributed by atoms with E-state index in [2.05, 4.69) is 20.7 Å². The van der Waals surface area contributed by atoms with Crippen molar-refractivity contribution in [3.05, 3.63) is 0 Å². The minimum atomic E-state index is -0.927. The van der Waals surface area contributed by atoms with Crippen molar-refractivity contribution in [2.45, 2.75) is 4.32 Å². The molecule has 0 aromatic heterocycles. The number of carboxylic acids is 1. The molecule has 11 heavy (non-hydrogen) atoms. The molecule has 1 N–H and O–H groups in total. The molecule has 0 bridgehead atoms. The van der Waals surface area contributed by atoms with Crippen molar-refractivity contribution in [3.63, 3.8) is 0 Å². The fourth-order valence-electron chi connectivity index (χ4n) is 1.54. The monoisotopic (exact) mass is 220 g/mol. The van der Waals surface area contributed by atoms with Crippen LogP contribution in [0.3, 0.4) is 0 Å². The highest BCUT2D eigenvalue weighted by molar-refractivity contribution is 9.10. The average Bonchev–Trinajstić information content (AvgIpc) is 2.43. The summed E-state index contributed by atoms with van der Waals surface area (Å²) in [6, 6.07) is 0. The minimum Gasteiger partial charge on any atom is -0.481 e. The van der Waals surface area contributed by atoms with Gasteiger partial charge in [-0.1, -0.05) is 15.9 Å². The highest BCUT2D eigenvalue weighted by atomic mass is 79.9. The lowest BCUT2D eigenvalue weighted by atomic mass is 10.3. The number of carboxylic acid groups (broad SMARTS) is 1. The molecule has 4 nitrogen and oxygen atoms in total. The summed E-state index contributed by atoms with van der Waals surface area (Å²) in [6.45, 7) is 0.188. The van der Waals surface area contributed by atoms with E-state index in [1.54, 1.807) is 0 Å². The van der Waals surface area contributed by atoms with Crippen LogP contribution in [-0.2, 0) is 14.3 Å². The first-order valence-corrected chi connectivity index (χ1v) is 3.95. The standard InChI is InChI=1S/C6H5BrO4/c7-6-1-11-5(10)3(6)2(6)4(8)9/h2-3H,1H2,(H,8,9)/t2-,3-,6-/m0/s1. The molecule has 1 saturated carbocycles. The van der Waals surface area contributed by atoms with Crippen LogP contribution < -0.4 is 0 Å². The van der Waals surface area contributed by atoms with Gasteiger partial charge in [-0.2, -0.15) is 0 Å². The fraction of sp³-hybridized carbons (Fsp3) is 0.667. The lowest BCUT2D eigenvalue weighted by Crippen LogP contribution is -2.16. The van der Waals surface area contributed by atoms with Crippen LogP contribution in [0.15, 0.2) is 0 Å². The summed E-state index contributed by atoms with van der Waals surface area (Å²) in [5.74, 6) is -2.36. The van der Waals surface area contributed by atoms with Crippen LogP contribution in [0.2, 0.25) is 0 Å². The third-order valence-corrected chi connectivity index (χ3v) is 3.43. The molecule has 5 heteroatoms. The van der Waals surface area contributed by atoms with Crippen molar-refractivity contribution < 1.29 is 19.4 Å². The first-order valence-electron chi connectivity index (χ1n) is 3.16. The maximum Gasteiger partial charge on any atom is 0.311 e. The first kappa shape index (κ1) is 7.09. The summed E-state index contributed by atoms with van der Waals surface area (Å²) in [6.07, 6.45) is 0. The van der Waals surface area contributed by atoms with Crippen molar-refractivity contribution in [2.24, 2.45) is 11.8 Å². The number of rotatable bonds is 1. The highest BCUT2D eigenvalue weighted by Crippen LogP contribution is 2.61. The molecule has 2 fully saturated rings. The predicted molar refractivity (Wildman–Crippen MR) is 37.2 cm³/mol. The van der Waals surface area contributed by atoms with Crippen molar-refractivity contribution in [2.75, 3.05) is 6.61 Å². The van der Waals surface area contributed by atoms with E-state index in [0.29, 0.717) is 0 Å². The molecule has 0 spiro atoms. The van der Waals surface area contributed by atoms with Gasteiger partial charge in [-0.15, -0.1) is 0 Å². The first-order chi connectivity index (χ1) is 5.07. The largest absolute Gasteiger partial charge is 0.481 e. The van der Waals surface area contributed by atoms with Gasteiger partial charge in [0, 0.05) is 0 Å². The second kappa shape index (κ2) is 1.77. The summed E-state index contributed by atoms with van der Waals surface area (Å²) in [5.41, 5.74) is 0. The number of ether oxygens (including phenoxy) is 1. The normalized spacial score (nSPS) is 46.5. The van der Waals surface area contributed by atoms with Crippen molar-refractivity contribution in [3.8, 4) is 0 Å². The van der Waals surface area contributed by atoms with E-state index < -0.39 is 28.1 Å². The smallest absolute Gasteiger partial charge is 0.311 e. The van der Waals surface area contributed by atoms with Crippen LogP contribution in [0.1, 0.15) is 0 Å². The Hall–Kier alpha value is -0.580. The number of aliphatic carboxylic acids is 1. The van der Waals surface area contributed by atoms with E-state index in [4.69, 9.17) is 5.11 Å². The van der Waals surface area contributed by atoms with Gasteiger partial charge in [-0.05, 0) is 0 Å². The zero-order valence-corrected chi connectivity index (χ0v) is 7.00. The van der Waals surface area contributed by atoms with Gasteiger partial charge in [0.25, 0.3) is 0 Å². The number of fused-ring (bicyclic) bond motifs is 1. The maximum atomic E-state index is 10.8. The zero-order valence-electron chi connectivity index (χ0n) is 5.41. The molecule has 2 aliphatic rings. The molecule has 0 aromatic carbocycles. The van der Waals surface area contributed by atoms with Crippen LogP contribution in [0, 0.1) is 11.8 Å². The van der Waals surface area contributed by atoms with Crippen LogP contribution in [0.25, 0.3) is 0 Å². The minimum absolute atomic E-state index is 0.188. The quantitative estimate of drug-likeness (QED) is 0.500. The summed E-state index contributed by atoms with van der Waals surface area (Å²) in [7, 11) is 0. The summed E-state index contributed by atoms with van der Waals surface area (Å²) >= 11 is 3.20. The van der Waals surface area contributed by atoms with Crippen LogP contribution in [0.4, 0.5) is 0 Å². The molecule has 1 heterocycles. The lowest BCUT2D eigenvalue weighted by molar-refractivity contribution is -0.148. The van der Waals surface area contributed by atoms with Crippen LogP contribution in [-0.4, -0.2) is 28.0 Å². The molecule has 3 atom stereocenters. The zero-order chi connectivity index (χ0) is 8.22. The van der Waals surface area contributed by atoms with Gasteiger partial charge in [0.05, 0.1) is 16.2 Å². The molecule has 0 unspecified atom stereocenters. The number of halogens is 1. The van der Waals surface area contributed by atoms with Gasteiger partial charge < -0.3 is 9.84 Å². The highest BCUT2D eigenvalue weighted by Gasteiger charge is 2.75. The SMILES string of the molecule is O=C(O)[C@@H]1[C@H]2C(=O)OC[C@]12Br. The average molecular weight is 221 g/mol. The van der Waals surface area contributed by atoms with Gasteiger partial charge in [0.15, 0.2) is 0 Å². The number of cyclic esters (lactones) is 1. The third-order valence-electron chi connectivity index (χ3n) is 2.21. The summed E-state index contributed by atoms with van der Waals surface area (Å²) < 4.78 is 4.06. The Morgan fingerprint density at radius 3 is 2.73 bits per heavy atom. The molecule has 0 radical (unpaired) electrons. The predicted octanol–water partition coefficient (Wildman–Crippen LogP) is 0.00750. The number of hydrogen-bond donors (Lipinski definition) is 1. The number of esters is 1. The second-order valence-electron chi connectivity index (χ2n) is 2.83. The molecule has 0 amide bonds. The molecule has 2 rings (SSSR count). The molecule has 0 aromatic rings. The molecule has 60 valence electrons. The van der Waals surface area contributed by atoms with Crippen LogP contribution >= 0.6 is 15.9 Å². The Bertz CT molecular complexity index is 245. The molecular formula is C6H5BrO4. The number of alkyl halides is 1. The lowest BCUT2D eigenvalue weighted by Gasteiger charge is -2.02. The van der Waals surface area contributed by atoms with E-state index in [1.807, 2.05) is 0 Å². The van der Waals surface area contributed by atoms with Crippen molar-refractivity contribution >= 4 is 27.9 Å².